The van der Waals surface area contributed by atoms with Crippen molar-refractivity contribution in [2.75, 3.05) is 17.7 Å². The van der Waals surface area contributed by atoms with Gasteiger partial charge in [-0.2, -0.15) is 10.1 Å². The van der Waals surface area contributed by atoms with E-state index < -0.39 is 0 Å². The van der Waals surface area contributed by atoms with Crippen LogP contribution in [0.3, 0.4) is 0 Å². The smallest absolute Gasteiger partial charge is 0.262 e. The molecule has 1 saturated heterocycles. The van der Waals surface area contributed by atoms with Crippen LogP contribution in [0.1, 0.15) is 11.1 Å². The molecule has 0 spiro atoms. The third kappa shape index (κ3) is 5.15. The zero-order chi connectivity index (χ0) is 19.2. The number of benzene rings is 2. The summed E-state index contributed by atoms with van der Waals surface area (Å²) in [7, 11) is 0. The van der Waals surface area contributed by atoms with Crippen LogP contribution in [0.15, 0.2) is 53.6 Å². The maximum atomic E-state index is 12.0. The fourth-order valence-corrected chi connectivity index (χ4v) is 3.25. The van der Waals surface area contributed by atoms with E-state index in [1.807, 2.05) is 31.2 Å². The van der Waals surface area contributed by atoms with E-state index in [1.165, 1.54) is 16.8 Å². The number of nitrogens with zero attached hydrogens (tertiary/aromatic N) is 2. The molecule has 6 nitrogen and oxygen atoms in total. The minimum absolute atomic E-state index is 0.0878. The van der Waals surface area contributed by atoms with E-state index in [0.717, 1.165) is 16.8 Å². The lowest BCUT2D eigenvalue weighted by molar-refractivity contribution is -0.124. The lowest BCUT2D eigenvalue weighted by Gasteiger charge is -2.09. The summed E-state index contributed by atoms with van der Waals surface area (Å²) in [5.41, 5.74) is 2.55. The van der Waals surface area contributed by atoms with Crippen molar-refractivity contribution in [2.45, 2.75) is 6.92 Å². The Morgan fingerprint density at radius 1 is 1.30 bits per heavy atom. The van der Waals surface area contributed by atoms with Gasteiger partial charge in [-0.3, -0.25) is 9.59 Å². The van der Waals surface area contributed by atoms with Gasteiger partial charge in [-0.15, -0.1) is 0 Å². The average Bonchev–Trinajstić information content (AvgIpc) is 2.99. The van der Waals surface area contributed by atoms with Gasteiger partial charge in [-0.05, 0) is 48.4 Å². The van der Waals surface area contributed by atoms with E-state index >= 15 is 0 Å². The van der Waals surface area contributed by atoms with E-state index in [1.54, 1.807) is 30.5 Å². The summed E-state index contributed by atoms with van der Waals surface area (Å²) in [6.45, 7) is 1.84. The molecule has 1 aliphatic rings. The number of aryl methyl sites for hydroxylation is 1. The standard InChI is InChI=1S/C19H17N3O3S2/c1-13-4-2-3-5-16(13)21-17(23)11-25-15-8-6-14(7-9-15)10-20-22-18(24)12-27-19(22)26/h2-10H,11-12H2,1H3,(H,21,23)/b20-10-. The summed E-state index contributed by atoms with van der Waals surface area (Å²) in [4.78, 5) is 23.6. The van der Waals surface area contributed by atoms with Gasteiger partial charge in [-0.1, -0.05) is 42.2 Å². The van der Waals surface area contributed by atoms with Gasteiger partial charge in [-0.25, -0.2) is 0 Å². The first-order chi connectivity index (χ1) is 13.0. The highest BCUT2D eigenvalue weighted by atomic mass is 32.2. The van der Waals surface area contributed by atoms with Crippen LogP contribution in [-0.2, 0) is 9.59 Å². The summed E-state index contributed by atoms with van der Waals surface area (Å²) in [6, 6.07) is 14.6. The number of amides is 2. The number of thiocarbonyl (C=S) groups is 1. The zero-order valence-electron chi connectivity index (χ0n) is 14.5. The van der Waals surface area contributed by atoms with Gasteiger partial charge >= 0.3 is 0 Å². The van der Waals surface area contributed by atoms with Crippen LogP contribution in [0.5, 0.6) is 5.75 Å². The number of thioether (sulfide) groups is 1. The number of para-hydroxylation sites is 1. The highest BCUT2D eigenvalue weighted by molar-refractivity contribution is 8.23. The molecule has 0 saturated carbocycles. The molecule has 8 heteroatoms. The second-order valence-corrected chi connectivity index (χ2v) is 7.33. The van der Waals surface area contributed by atoms with Crippen LogP contribution in [-0.4, -0.2) is 39.7 Å². The Morgan fingerprint density at radius 3 is 2.70 bits per heavy atom. The number of ether oxygens (including phenoxy) is 1. The summed E-state index contributed by atoms with van der Waals surface area (Å²) in [5.74, 6) is 0.540. The molecule has 138 valence electrons. The highest BCUT2D eigenvalue weighted by Crippen LogP contribution is 2.19. The average molecular weight is 399 g/mol. The van der Waals surface area contributed by atoms with Gasteiger partial charge in [0.1, 0.15) is 5.75 Å². The molecule has 0 unspecified atom stereocenters. The third-order valence-electron chi connectivity index (χ3n) is 3.72. The fraction of sp³-hybridized carbons (Fsp3) is 0.158. The Morgan fingerprint density at radius 2 is 2.04 bits per heavy atom. The number of rotatable bonds is 6. The van der Waals surface area contributed by atoms with Crippen LogP contribution in [0.2, 0.25) is 0 Å². The van der Waals surface area contributed by atoms with Gasteiger partial charge in [0, 0.05) is 5.69 Å². The first kappa shape index (κ1) is 19.1. The fourth-order valence-electron chi connectivity index (χ4n) is 2.28. The largest absolute Gasteiger partial charge is 0.484 e. The summed E-state index contributed by atoms with van der Waals surface area (Å²) < 4.78 is 5.96. The van der Waals surface area contributed by atoms with Crippen LogP contribution in [0.25, 0.3) is 0 Å². The number of anilines is 1. The second-order valence-electron chi connectivity index (χ2n) is 5.73. The molecule has 0 radical (unpaired) electrons. The molecule has 1 heterocycles. The van der Waals surface area contributed by atoms with E-state index in [0.29, 0.717) is 15.8 Å². The number of nitrogens with one attached hydrogen (secondary N) is 1. The van der Waals surface area contributed by atoms with Crippen LogP contribution in [0.4, 0.5) is 5.69 Å². The first-order valence-corrected chi connectivity index (χ1v) is 9.54. The van der Waals surface area contributed by atoms with E-state index in [2.05, 4.69) is 10.4 Å². The number of hydrogen-bond donors (Lipinski definition) is 1. The molecule has 1 N–H and O–H groups in total. The number of carbonyl (C=O) groups is 2. The Balaban J connectivity index is 1.52. The van der Waals surface area contributed by atoms with Gasteiger partial charge in [0.05, 0.1) is 12.0 Å². The molecule has 2 amide bonds. The van der Waals surface area contributed by atoms with Crippen LogP contribution < -0.4 is 10.1 Å². The summed E-state index contributed by atoms with van der Waals surface area (Å²) >= 11 is 6.36. The van der Waals surface area contributed by atoms with Gasteiger partial charge in [0.25, 0.3) is 11.8 Å². The van der Waals surface area contributed by atoms with E-state index in [-0.39, 0.29) is 18.4 Å². The molecule has 3 rings (SSSR count). The molecule has 0 atom stereocenters. The lowest BCUT2D eigenvalue weighted by atomic mass is 10.2. The normalized spacial score (nSPS) is 14.0. The molecule has 2 aromatic carbocycles. The highest BCUT2D eigenvalue weighted by Gasteiger charge is 2.25. The number of hydrazone groups is 1. The monoisotopic (exact) mass is 399 g/mol. The summed E-state index contributed by atoms with van der Waals surface area (Å²) in [5, 5.41) is 8.14. The molecule has 27 heavy (non-hydrogen) atoms. The van der Waals surface area contributed by atoms with Crippen molar-refractivity contribution in [1.29, 1.82) is 0 Å². The summed E-state index contributed by atoms with van der Waals surface area (Å²) in [6.07, 6.45) is 1.56. The Bertz CT molecular complexity index is 881. The molecular formula is C19H17N3O3S2. The third-order valence-corrected chi connectivity index (χ3v) is 5.06. The van der Waals surface area contributed by atoms with Crippen molar-refractivity contribution in [2.24, 2.45) is 5.10 Å². The molecule has 1 fully saturated rings. The van der Waals surface area contributed by atoms with Gasteiger partial charge in [0.2, 0.25) is 0 Å². The minimum atomic E-state index is -0.228. The van der Waals surface area contributed by atoms with E-state index in [4.69, 9.17) is 17.0 Å². The Hall–Kier alpha value is -2.71. The predicted octanol–water partition coefficient (Wildman–Crippen LogP) is 3.21. The molecule has 1 aliphatic heterocycles. The molecule has 0 aliphatic carbocycles. The van der Waals surface area contributed by atoms with Crippen LogP contribution >= 0.6 is 24.0 Å². The lowest BCUT2D eigenvalue weighted by Crippen LogP contribution is -2.22. The van der Waals surface area contributed by atoms with Gasteiger partial charge in [0.15, 0.2) is 10.9 Å². The SMILES string of the molecule is Cc1ccccc1NC(=O)COc1ccc(/C=N\N2C(=O)CSC2=S)cc1. The Kier molecular flexibility index (Phi) is 6.20. The van der Waals surface area contributed by atoms with Gasteiger partial charge < -0.3 is 10.1 Å². The van der Waals surface area contributed by atoms with Crippen molar-refractivity contribution in [1.82, 2.24) is 5.01 Å². The van der Waals surface area contributed by atoms with E-state index in [9.17, 15) is 9.59 Å². The minimum Gasteiger partial charge on any atom is -0.484 e. The maximum absolute atomic E-state index is 12.0. The number of hydrogen-bond acceptors (Lipinski definition) is 6. The van der Waals surface area contributed by atoms with Crippen LogP contribution in [0, 0.1) is 6.92 Å². The van der Waals surface area contributed by atoms with Crippen molar-refractivity contribution in [3.05, 3.63) is 59.7 Å². The predicted molar refractivity (Wildman–Crippen MR) is 111 cm³/mol. The molecular weight excluding hydrogens is 382 g/mol. The second kappa shape index (κ2) is 8.79. The quantitative estimate of drug-likeness (QED) is 0.597. The molecule has 0 aromatic heterocycles. The topological polar surface area (TPSA) is 71.0 Å². The van der Waals surface area contributed by atoms with Crippen molar-refractivity contribution in [3.63, 3.8) is 0 Å². The Labute approximate surface area is 166 Å². The molecule has 2 aromatic rings. The molecule has 0 bridgehead atoms. The van der Waals surface area contributed by atoms with Crippen molar-refractivity contribution < 1.29 is 14.3 Å². The van der Waals surface area contributed by atoms with Crippen molar-refractivity contribution in [3.8, 4) is 5.75 Å². The maximum Gasteiger partial charge on any atom is 0.262 e. The zero-order valence-corrected chi connectivity index (χ0v) is 16.2. The van der Waals surface area contributed by atoms with Crippen molar-refractivity contribution >= 4 is 52.0 Å². The number of carbonyl (C=O) groups excluding carboxylic acids is 2. The first-order valence-electron chi connectivity index (χ1n) is 8.15.